The van der Waals surface area contributed by atoms with Gasteiger partial charge in [-0.25, -0.2) is 0 Å². The van der Waals surface area contributed by atoms with Crippen molar-refractivity contribution in [3.63, 3.8) is 0 Å². The Hall–Kier alpha value is -6.13. The smallest absolute Gasteiger partial charge is 0.162 e. The summed E-state index contributed by atoms with van der Waals surface area (Å²) in [5, 5.41) is 4.59. The van der Waals surface area contributed by atoms with Crippen LogP contribution in [0.3, 0.4) is 0 Å². The summed E-state index contributed by atoms with van der Waals surface area (Å²) in [7, 11) is 0. The van der Waals surface area contributed by atoms with Gasteiger partial charge in [0, 0.05) is 44.8 Å². The number of anilines is 3. The lowest BCUT2D eigenvalue weighted by atomic mass is 10.0. The van der Waals surface area contributed by atoms with Crippen LogP contribution in [0, 0.1) is 0 Å². The zero-order valence-electron chi connectivity index (χ0n) is 24.3. The van der Waals surface area contributed by atoms with E-state index in [9.17, 15) is 0 Å². The summed E-state index contributed by atoms with van der Waals surface area (Å²) in [6.07, 6.45) is 3.79. The predicted molar refractivity (Wildman–Crippen MR) is 186 cm³/mol. The highest BCUT2D eigenvalue weighted by molar-refractivity contribution is 6.10. The number of fused-ring (bicyclic) bond motifs is 6. The van der Waals surface area contributed by atoms with Crippen LogP contribution >= 0.6 is 0 Å². The van der Waals surface area contributed by atoms with Gasteiger partial charge in [-0.2, -0.15) is 0 Å². The molecule has 0 saturated heterocycles. The van der Waals surface area contributed by atoms with Crippen molar-refractivity contribution in [2.24, 2.45) is 0 Å². The average molecular weight is 578 g/mol. The van der Waals surface area contributed by atoms with Gasteiger partial charge >= 0.3 is 0 Å². The van der Waals surface area contributed by atoms with Gasteiger partial charge in [0.25, 0.3) is 0 Å². The van der Waals surface area contributed by atoms with Crippen LogP contribution in [0.2, 0.25) is 0 Å². The maximum absolute atomic E-state index is 6.45. The molecule has 4 heteroatoms. The molecule has 9 rings (SSSR count). The molecule has 0 saturated carbocycles. The number of pyridine rings is 1. The summed E-state index contributed by atoms with van der Waals surface area (Å²) in [6.45, 7) is 0. The Kier molecular flexibility index (Phi) is 5.78. The van der Waals surface area contributed by atoms with Gasteiger partial charge in [0.15, 0.2) is 5.58 Å². The molecule has 0 fully saturated rings. The fourth-order valence-corrected chi connectivity index (χ4v) is 6.62. The van der Waals surface area contributed by atoms with Gasteiger partial charge in [0.05, 0.1) is 17.2 Å². The molecule has 0 N–H and O–H groups in total. The quantitative estimate of drug-likeness (QED) is 0.204. The molecule has 0 atom stereocenters. The summed E-state index contributed by atoms with van der Waals surface area (Å²) in [6, 6.07) is 53.3. The zero-order chi connectivity index (χ0) is 29.7. The van der Waals surface area contributed by atoms with Crippen LogP contribution in [0.5, 0.6) is 0 Å². The molecule has 6 aromatic carbocycles. The van der Waals surface area contributed by atoms with E-state index >= 15 is 0 Å². The van der Waals surface area contributed by atoms with E-state index in [0.29, 0.717) is 0 Å². The van der Waals surface area contributed by atoms with E-state index < -0.39 is 0 Å². The number of nitrogens with zero attached hydrogens (tertiary/aromatic N) is 3. The molecule has 3 aromatic heterocycles. The number of aromatic nitrogens is 2. The lowest BCUT2D eigenvalue weighted by Gasteiger charge is -2.25. The molecule has 212 valence electrons. The molecule has 0 spiro atoms. The molecule has 45 heavy (non-hydrogen) atoms. The first-order valence-corrected chi connectivity index (χ1v) is 15.1. The van der Waals surface area contributed by atoms with Gasteiger partial charge in [0.2, 0.25) is 0 Å². The van der Waals surface area contributed by atoms with Gasteiger partial charge < -0.3 is 13.9 Å². The number of furan rings is 1. The summed E-state index contributed by atoms with van der Waals surface area (Å²) in [5.41, 5.74) is 10.5. The minimum atomic E-state index is 0.816. The van der Waals surface area contributed by atoms with Gasteiger partial charge in [-0.15, -0.1) is 0 Å². The number of rotatable bonds is 5. The Morgan fingerprint density at radius 2 is 1.13 bits per heavy atom. The Labute approximate surface area is 260 Å². The largest absolute Gasteiger partial charge is 0.454 e. The van der Waals surface area contributed by atoms with Gasteiger partial charge in [-0.3, -0.25) is 4.98 Å². The third-order valence-electron chi connectivity index (χ3n) is 8.67. The Bertz CT molecular complexity index is 2440. The van der Waals surface area contributed by atoms with Gasteiger partial charge in [-0.05, 0) is 65.7 Å². The average Bonchev–Trinajstić information content (AvgIpc) is 3.66. The number of hydrogen-bond donors (Lipinski definition) is 0. The highest BCUT2D eigenvalue weighted by Gasteiger charge is 2.20. The SMILES string of the molecule is c1ccc(N(c2cccc(-c3ccc(-n4c5ccccc5c5ccccc54)cc3)c2)c2cncc3c2oc2ccccc23)cc1. The van der Waals surface area contributed by atoms with Crippen LogP contribution in [0.15, 0.2) is 168 Å². The third-order valence-corrected chi connectivity index (χ3v) is 8.67. The Balaban J connectivity index is 1.16. The zero-order valence-corrected chi connectivity index (χ0v) is 24.3. The lowest BCUT2D eigenvalue weighted by molar-refractivity contribution is 0.668. The molecule has 0 amide bonds. The van der Waals surface area contributed by atoms with Crippen molar-refractivity contribution in [1.82, 2.24) is 9.55 Å². The monoisotopic (exact) mass is 577 g/mol. The number of para-hydroxylation sites is 4. The van der Waals surface area contributed by atoms with Crippen LogP contribution < -0.4 is 4.90 Å². The predicted octanol–water partition coefficient (Wildman–Crippen LogP) is 11.2. The molecular weight excluding hydrogens is 550 g/mol. The van der Waals surface area contributed by atoms with E-state index in [-0.39, 0.29) is 0 Å². The Morgan fingerprint density at radius 3 is 1.89 bits per heavy atom. The molecule has 4 nitrogen and oxygen atoms in total. The van der Waals surface area contributed by atoms with E-state index in [0.717, 1.165) is 55.8 Å². The normalized spacial score (nSPS) is 11.6. The summed E-state index contributed by atoms with van der Waals surface area (Å²) in [5.74, 6) is 0. The van der Waals surface area contributed by atoms with Crippen molar-refractivity contribution in [3.05, 3.63) is 164 Å². The third kappa shape index (κ3) is 4.11. The molecule has 0 unspecified atom stereocenters. The van der Waals surface area contributed by atoms with E-state index in [4.69, 9.17) is 4.42 Å². The molecule has 0 radical (unpaired) electrons. The summed E-state index contributed by atoms with van der Waals surface area (Å²) < 4.78 is 8.80. The Morgan fingerprint density at radius 1 is 0.489 bits per heavy atom. The molecular formula is C41H27N3O. The maximum Gasteiger partial charge on any atom is 0.162 e. The molecule has 3 heterocycles. The van der Waals surface area contributed by atoms with Crippen LogP contribution in [0.4, 0.5) is 17.1 Å². The topological polar surface area (TPSA) is 34.2 Å². The highest BCUT2D eigenvalue weighted by atomic mass is 16.3. The van der Waals surface area contributed by atoms with Crippen LogP contribution in [-0.2, 0) is 0 Å². The van der Waals surface area contributed by atoms with E-state index in [2.05, 4.69) is 142 Å². The number of hydrogen-bond acceptors (Lipinski definition) is 3. The van der Waals surface area contributed by atoms with Crippen LogP contribution in [-0.4, -0.2) is 9.55 Å². The van der Waals surface area contributed by atoms with E-state index in [1.54, 1.807) is 0 Å². The summed E-state index contributed by atoms with van der Waals surface area (Å²) >= 11 is 0. The lowest BCUT2D eigenvalue weighted by Crippen LogP contribution is -2.10. The minimum absolute atomic E-state index is 0.816. The van der Waals surface area contributed by atoms with Gasteiger partial charge in [-0.1, -0.05) is 97.1 Å². The first kappa shape index (κ1) is 25.4. The number of benzene rings is 6. The molecule has 0 aliphatic carbocycles. The molecule has 0 bridgehead atoms. The fourth-order valence-electron chi connectivity index (χ4n) is 6.62. The fraction of sp³-hybridized carbons (Fsp3) is 0. The van der Waals surface area contributed by atoms with Crippen molar-refractivity contribution in [2.75, 3.05) is 4.90 Å². The highest BCUT2D eigenvalue weighted by Crippen LogP contribution is 2.42. The minimum Gasteiger partial charge on any atom is -0.454 e. The first-order valence-electron chi connectivity index (χ1n) is 15.1. The standard InChI is InChI=1S/C41H27N3O/c1-2-12-30(13-3-1)43(39-27-42-26-36-35-17-6-9-20-40(35)45-41(36)39)32-14-10-11-29(25-32)28-21-23-31(24-22-28)44-37-18-7-4-15-33(37)34-16-5-8-19-38(34)44/h1-27H. The maximum atomic E-state index is 6.45. The second kappa shape index (κ2) is 10.2. The second-order valence-electron chi connectivity index (χ2n) is 11.3. The second-order valence-corrected chi connectivity index (χ2v) is 11.3. The van der Waals surface area contributed by atoms with Crippen molar-refractivity contribution >= 4 is 60.8 Å². The van der Waals surface area contributed by atoms with Crippen LogP contribution in [0.25, 0.3) is 60.6 Å². The molecule has 0 aliphatic heterocycles. The van der Waals surface area contributed by atoms with Crippen LogP contribution in [0.1, 0.15) is 0 Å². The van der Waals surface area contributed by atoms with E-state index in [1.165, 1.54) is 21.8 Å². The van der Waals surface area contributed by atoms with Gasteiger partial charge in [0.1, 0.15) is 11.3 Å². The van der Waals surface area contributed by atoms with Crippen molar-refractivity contribution in [3.8, 4) is 16.8 Å². The molecule has 0 aliphatic rings. The van der Waals surface area contributed by atoms with Crippen molar-refractivity contribution in [1.29, 1.82) is 0 Å². The van der Waals surface area contributed by atoms with Crippen molar-refractivity contribution in [2.45, 2.75) is 0 Å². The molecule has 9 aromatic rings. The van der Waals surface area contributed by atoms with E-state index in [1.807, 2.05) is 36.7 Å². The van der Waals surface area contributed by atoms with Crippen molar-refractivity contribution < 1.29 is 4.42 Å². The first-order chi connectivity index (χ1) is 22.3. The summed E-state index contributed by atoms with van der Waals surface area (Å²) in [4.78, 5) is 6.89.